The van der Waals surface area contributed by atoms with E-state index in [0.717, 1.165) is 37.7 Å². The van der Waals surface area contributed by atoms with Gasteiger partial charge in [0.2, 0.25) is 0 Å². The summed E-state index contributed by atoms with van der Waals surface area (Å²) in [6.07, 6.45) is 0. The minimum Gasteiger partial charge on any atom is -0.492 e. The molecule has 2 rings (SSSR count). The Hall–Kier alpha value is -1.46. The van der Waals surface area contributed by atoms with E-state index in [2.05, 4.69) is 23.9 Å². The van der Waals surface area contributed by atoms with Crippen LogP contribution in [0.15, 0.2) is 60.7 Å². The number of hydrogen-bond acceptors (Lipinski definition) is 4. The lowest BCUT2D eigenvalue weighted by Gasteiger charge is -2.22. The largest absolute Gasteiger partial charge is 0.492 e. The van der Waals surface area contributed by atoms with Crippen molar-refractivity contribution in [2.24, 2.45) is 0 Å². The summed E-state index contributed by atoms with van der Waals surface area (Å²) in [6, 6.07) is 19.9. The van der Waals surface area contributed by atoms with Gasteiger partial charge in [0.1, 0.15) is 24.7 Å². The van der Waals surface area contributed by atoms with Crippen molar-refractivity contribution in [2.75, 3.05) is 53.5 Å². The van der Waals surface area contributed by atoms with E-state index in [1.165, 1.54) is 0 Å². The molecular formula is C20H30Cl2N2O2. The Morgan fingerprint density at radius 3 is 1.27 bits per heavy atom. The van der Waals surface area contributed by atoms with E-state index in [0.29, 0.717) is 13.2 Å². The SMILES string of the molecule is CN(CCOc1ccccc1)CCN(C)CCOc1ccccc1.Cl.Cl. The van der Waals surface area contributed by atoms with Crippen LogP contribution in [-0.4, -0.2) is 63.3 Å². The van der Waals surface area contributed by atoms with E-state index in [1.54, 1.807) is 0 Å². The average Bonchev–Trinajstić information content (AvgIpc) is 2.62. The first-order valence-electron chi connectivity index (χ1n) is 8.47. The molecule has 0 saturated carbocycles. The summed E-state index contributed by atoms with van der Waals surface area (Å²) in [5.41, 5.74) is 0. The second-order valence-corrected chi connectivity index (χ2v) is 5.93. The zero-order chi connectivity index (χ0) is 17.0. The molecule has 6 heteroatoms. The van der Waals surface area contributed by atoms with Crippen molar-refractivity contribution in [2.45, 2.75) is 0 Å². The average molecular weight is 401 g/mol. The standard InChI is InChI=1S/C20H28N2O2.2ClH/c1-21(15-17-23-19-9-5-3-6-10-19)13-14-22(2)16-18-24-20-11-7-4-8-12-20;;/h3-12H,13-18H2,1-2H3;2*1H. The maximum absolute atomic E-state index is 5.72. The topological polar surface area (TPSA) is 24.9 Å². The highest BCUT2D eigenvalue weighted by Gasteiger charge is 2.03. The van der Waals surface area contributed by atoms with Gasteiger partial charge < -0.3 is 19.3 Å². The van der Waals surface area contributed by atoms with E-state index in [9.17, 15) is 0 Å². The Balaban J connectivity index is 0.00000312. The summed E-state index contributed by atoms with van der Waals surface area (Å²) in [5, 5.41) is 0. The summed E-state index contributed by atoms with van der Waals surface area (Å²) in [4.78, 5) is 4.58. The normalized spacial score (nSPS) is 10.2. The molecular weight excluding hydrogens is 371 g/mol. The van der Waals surface area contributed by atoms with Crippen molar-refractivity contribution < 1.29 is 9.47 Å². The smallest absolute Gasteiger partial charge is 0.119 e. The Bertz CT molecular complexity index is 507. The lowest BCUT2D eigenvalue weighted by molar-refractivity contribution is 0.195. The van der Waals surface area contributed by atoms with Crippen LogP contribution in [0.2, 0.25) is 0 Å². The second-order valence-electron chi connectivity index (χ2n) is 5.93. The van der Waals surface area contributed by atoms with Gasteiger partial charge >= 0.3 is 0 Å². The van der Waals surface area contributed by atoms with Gasteiger partial charge in [-0.2, -0.15) is 0 Å². The van der Waals surface area contributed by atoms with Crippen LogP contribution in [0.25, 0.3) is 0 Å². The van der Waals surface area contributed by atoms with Gasteiger partial charge in [0.25, 0.3) is 0 Å². The predicted octanol–water partition coefficient (Wildman–Crippen LogP) is 3.85. The molecule has 0 aliphatic rings. The fraction of sp³-hybridized carbons (Fsp3) is 0.400. The highest BCUT2D eigenvalue weighted by Crippen LogP contribution is 2.08. The van der Waals surface area contributed by atoms with Gasteiger partial charge in [-0.15, -0.1) is 24.8 Å². The van der Waals surface area contributed by atoms with Crippen LogP contribution in [0, 0.1) is 0 Å². The minimum atomic E-state index is 0. The van der Waals surface area contributed by atoms with Crippen LogP contribution in [-0.2, 0) is 0 Å². The van der Waals surface area contributed by atoms with Gasteiger partial charge in [-0.3, -0.25) is 0 Å². The van der Waals surface area contributed by atoms with E-state index < -0.39 is 0 Å². The third-order valence-electron chi connectivity index (χ3n) is 3.83. The molecule has 0 N–H and O–H groups in total. The lowest BCUT2D eigenvalue weighted by atomic mass is 10.3. The third-order valence-corrected chi connectivity index (χ3v) is 3.83. The Morgan fingerprint density at radius 2 is 0.923 bits per heavy atom. The van der Waals surface area contributed by atoms with E-state index in [1.807, 2.05) is 60.7 Å². The molecule has 0 spiro atoms. The molecule has 0 heterocycles. The first-order chi connectivity index (χ1) is 11.7. The Kier molecular flexibility index (Phi) is 13.9. The van der Waals surface area contributed by atoms with Crippen LogP contribution in [0.4, 0.5) is 0 Å². The van der Waals surface area contributed by atoms with Gasteiger partial charge in [0, 0.05) is 26.2 Å². The summed E-state index contributed by atoms with van der Waals surface area (Å²) in [6.45, 7) is 5.29. The molecule has 0 amide bonds. The molecule has 0 bridgehead atoms. The number of para-hydroxylation sites is 2. The van der Waals surface area contributed by atoms with Gasteiger partial charge in [0.05, 0.1) is 0 Å². The molecule has 0 aromatic heterocycles. The maximum atomic E-state index is 5.72. The quantitative estimate of drug-likeness (QED) is 0.571. The lowest BCUT2D eigenvalue weighted by Crippen LogP contribution is -2.34. The fourth-order valence-corrected chi connectivity index (χ4v) is 2.24. The van der Waals surface area contributed by atoms with Crippen molar-refractivity contribution in [3.63, 3.8) is 0 Å². The molecule has 4 nitrogen and oxygen atoms in total. The monoisotopic (exact) mass is 400 g/mol. The number of benzene rings is 2. The molecule has 2 aromatic carbocycles. The molecule has 0 radical (unpaired) electrons. The molecule has 2 aromatic rings. The number of halogens is 2. The molecule has 0 atom stereocenters. The molecule has 0 fully saturated rings. The van der Waals surface area contributed by atoms with Crippen molar-refractivity contribution in [1.29, 1.82) is 0 Å². The molecule has 0 aliphatic heterocycles. The second kappa shape index (κ2) is 14.7. The highest BCUT2D eigenvalue weighted by atomic mass is 35.5. The molecule has 0 unspecified atom stereocenters. The first-order valence-corrected chi connectivity index (χ1v) is 8.47. The fourth-order valence-electron chi connectivity index (χ4n) is 2.24. The van der Waals surface area contributed by atoms with Crippen LogP contribution < -0.4 is 9.47 Å². The van der Waals surface area contributed by atoms with Crippen molar-refractivity contribution in [3.8, 4) is 11.5 Å². The Labute approximate surface area is 169 Å². The van der Waals surface area contributed by atoms with Crippen molar-refractivity contribution >= 4 is 24.8 Å². The number of nitrogens with zero attached hydrogens (tertiary/aromatic N) is 2. The summed E-state index contributed by atoms with van der Waals surface area (Å²) in [5.74, 6) is 1.86. The number of likely N-dealkylation sites (N-methyl/N-ethyl adjacent to an activating group) is 2. The summed E-state index contributed by atoms with van der Waals surface area (Å²) in [7, 11) is 4.26. The molecule has 0 aliphatic carbocycles. The van der Waals surface area contributed by atoms with E-state index in [4.69, 9.17) is 9.47 Å². The first kappa shape index (κ1) is 24.5. The zero-order valence-electron chi connectivity index (χ0n) is 15.5. The van der Waals surface area contributed by atoms with Gasteiger partial charge in [-0.05, 0) is 38.4 Å². The third kappa shape index (κ3) is 10.5. The highest BCUT2D eigenvalue weighted by molar-refractivity contribution is 5.85. The predicted molar refractivity (Wildman–Crippen MR) is 113 cm³/mol. The van der Waals surface area contributed by atoms with Crippen molar-refractivity contribution in [3.05, 3.63) is 60.7 Å². The summed E-state index contributed by atoms with van der Waals surface area (Å²) < 4.78 is 11.4. The van der Waals surface area contributed by atoms with Gasteiger partial charge in [-0.25, -0.2) is 0 Å². The molecule has 26 heavy (non-hydrogen) atoms. The van der Waals surface area contributed by atoms with Crippen LogP contribution >= 0.6 is 24.8 Å². The van der Waals surface area contributed by atoms with Crippen molar-refractivity contribution in [1.82, 2.24) is 9.80 Å². The van der Waals surface area contributed by atoms with Gasteiger partial charge in [-0.1, -0.05) is 36.4 Å². The van der Waals surface area contributed by atoms with Gasteiger partial charge in [0.15, 0.2) is 0 Å². The maximum Gasteiger partial charge on any atom is 0.119 e. The van der Waals surface area contributed by atoms with E-state index >= 15 is 0 Å². The molecule has 0 saturated heterocycles. The van der Waals surface area contributed by atoms with Crippen LogP contribution in [0.1, 0.15) is 0 Å². The number of rotatable bonds is 11. The number of ether oxygens (including phenoxy) is 2. The zero-order valence-corrected chi connectivity index (χ0v) is 17.2. The van der Waals surface area contributed by atoms with Crippen LogP contribution in [0.5, 0.6) is 11.5 Å². The molecule has 146 valence electrons. The number of hydrogen-bond donors (Lipinski definition) is 0. The van der Waals surface area contributed by atoms with E-state index in [-0.39, 0.29) is 24.8 Å². The minimum absolute atomic E-state index is 0. The summed E-state index contributed by atoms with van der Waals surface area (Å²) >= 11 is 0. The van der Waals surface area contributed by atoms with Crippen LogP contribution in [0.3, 0.4) is 0 Å². The Morgan fingerprint density at radius 1 is 0.577 bits per heavy atom.